The van der Waals surface area contributed by atoms with Crippen molar-refractivity contribution in [2.45, 2.75) is 45.3 Å². The van der Waals surface area contributed by atoms with Gasteiger partial charge in [0.15, 0.2) is 0 Å². The summed E-state index contributed by atoms with van der Waals surface area (Å²) in [5, 5.41) is 3.79. The molecule has 3 heteroatoms. The van der Waals surface area contributed by atoms with E-state index < -0.39 is 0 Å². The van der Waals surface area contributed by atoms with Gasteiger partial charge in [-0.15, -0.1) is 0 Å². The standard InChI is InChI=1S/C14H25NO2/c1-14(2)12(11-4-3-6-17-13(11)14)15-8-10-5-7-16-9-10/h10-13,15H,3-9H2,1-2H3. The molecule has 3 aliphatic rings. The number of ether oxygens (including phenoxy) is 2. The lowest BCUT2D eigenvalue weighted by Gasteiger charge is -2.60. The molecule has 0 bridgehead atoms. The average molecular weight is 239 g/mol. The van der Waals surface area contributed by atoms with Gasteiger partial charge in [0.2, 0.25) is 0 Å². The lowest BCUT2D eigenvalue weighted by atomic mass is 9.55. The van der Waals surface area contributed by atoms with E-state index in [1.807, 2.05) is 0 Å². The number of hydrogen-bond donors (Lipinski definition) is 1. The van der Waals surface area contributed by atoms with E-state index in [0.29, 0.717) is 17.6 Å². The molecule has 0 spiro atoms. The molecule has 0 aromatic carbocycles. The van der Waals surface area contributed by atoms with Crippen molar-refractivity contribution in [3.63, 3.8) is 0 Å². The fraction of sp³-hybridized carbons (Fsp3) is 1.00. The molecule has 2 saturated heterocycles. The van der Waals surface area contributed by atoms with Crippen LogP contribution in [-0.2, 0) is 9.47 Å². The highest BCUT2D eigenvalue weighted by Crippen LogP contribution is 2.51. The molecule has 0 amide bonds. The number of fused-ring (bicyclic) bond motifs is 1. The van der Waals surface area contributed by atoms with Crippen LogP contribution >= 0.6 is 0 Å². The molecule has 3 fully saturated rings. The van der Waals surface area contributed by atoms with E-state index in [9.17, 15) is 0 Å². The zero-order valence-corrected chi connectivity index (χ0v) is 11.1. The van der Waals surface area contributed by atoms with Crippen molar-refractivity contribution in [2.24, 2.45) is 17.3 Å². The number of rotatable bonds is 3. The summed E-state index contributed by atoms with van der Waals surface area (Å²) in [6.07, 6.45) is 4.30. The zero-order valence-electron chi connectivity index (χ0n) is 11.1. The van der Waals surface area contributed by atoms with Gasteiger partial charge in [0, 0.05) is 37.1 Å². The fourth-order valence-electron chi connectivity index (χ4n) is 3.97. The molecule has 1 saturated carbocycles. The Kier molecular flexibility index (Phi) is 3.18. The van der Waals surface area contributed by atoms with Crippen molar-refractivity contribution < 1.29 is 9.47 Å². The van der Waals surface area contributed by atoms with Crippen molar-refractivity contribution in [1.82, 2.24) is 5.32 Å². The molecule has 0 aromatic heterocycles. The summed E-state index contributed by atoms with van der Waals surface area (Å²) in [6.45, 7) is 8.69. The quantitative estimate of drug-likeness (QED) is 0.815. The molecular formula is C14H25NO2. The monoisotopic (exact) mass is 239 g/mol. The molecule has 0 radical (unpaired) electrons. The largest absolute Gasteiger partial charge is 0.381 e. The minimum Gasteiger partial charge on any atom is -0.381 e. The van der Waals surface area contributed by atoms with Crippen molar-refractivity contribution in [3.05, 3.63) is 0 Å². The third-order valence-electron chi connectivity index (χ3n) is 4.98. The van der Waals surface area contributed by atoms with Crippen LogP contribution in [0.3, 0.4) is 0 Å². The van der Waals surface area contributed by atoms with E-state index in [-0.39, 0.29) is 0 Å². The summed E-state index contributed by atoms with van der Waals surface area (Å²) in [6, 6.07) is 0.647. The van der Waals surface area contributed by atoms with Gasteiger partial charge < -0.3 is 14.8 Å². The molecule has 0 aromatic rings. The third-order valence-corrected chi connectivity index (χ3v) is 4.98. The fourth-order valence-corrected chi connectivity index (χ4v) is 3.97. The second-order valence-electron chi connectivity index (χ2n) is 6.53. The molecule has 17 heavy (non-hydrogen) atoms. The van der Waals surface area contributed by atoms with Crippen molar-refractivity contribution in [1.29, 1.82) is 0 Å². The predicted molar refractivity (Wildman–Crippen MR) is 67.0 cm³/mol. The summed E-state index contributed by atoms with van der Waals surface area (Å²) in [5.41, 5.74) is 0.310. The van der Waals surface area contributed by atoms with Gasteiger partial charge in [0.25, 0.3) is 0 Å². The Morgan fingerprint density at radius 3 is 2.88 bits per heavy atom. The van der Waals surface area contributed by atoms with Gasteiger partial charge >= 0.3 is 0 Å². The van der Waals surface area contributed by atoms with Gasteiger partial charge in [0.05, 0.1) is 12.7 Å². The first-order chi connectivity index (χ1) is 8.19. The van der Waals surface area contributed by atoms with Gasteiger partial charge in [-0.05, 0) is 25.2 Å². The van der Waals surface area contributed by atoms with Crippen LogP contribution in [0.15, 0.2) is 0 Å². The summed E-state index contributed by atoms with van der Waals surface area (Å²) in [7, 11) is 0. The summed E-state index contributed by atoms with van der Waals surface area (Å²) in [5.74, 6) is 1.48. The Morgan fingerprint density at radius 1 is 1.24 bits per heavy atom. The lowest BCUT2D eigenvalue weighted by molar-refractivity contribution is -0.192. The Balaban J connectivity index is 1.55. The van der Waals surface area contributed by atoms with Crippen molar-refractivity contribution in [2.75, 3.05) is 26.4 Å². The molecular weight excluding hydrogens is 214 g/mol. The lowest BCUT2D eigenvalue weighted by Crippen LogP contribution is -2.69. The molecule has 4 unspecified atom stereocenters. The predicted octanol–water partition coefficient (Wildman–Crippen LogP) is 1.82. The van der Waals surface area contributed by atoms with E-state index in [4.69, 9.17) is 9.47 Å². The maximum absolute atomic E-state index is 5.93. The van der Waals surface area contributed by atoms with Gasteiger partial charge in [-0.2, -0.15) is 0 Å². The van der Waals surface area contributed by atoms with Gasteiger partial charge in [-0.3, -0.25) is 0 Å². The van der Waals surface area contributed by atoms with E-state index in [1.54, 1.807) is 0 Å². The zero-order chi connectivity index (χ0) is 11.9. The molecule has 2 aliphatic heterocycles. The van der Waals surface area contributed by atoms with E-state index >= 15 is 0 Å². The highest BCUT2D eigenvalue weighted by molar-refractivity contribution is 5.10. The van der Waals surface area contributed by atoms with E-state index in [2.05, 4.69) is 19.2 Å². The molecule has 98 valence electrons. The van der Waals surface area contributed by atoms with E-state index in [1.165, 1.54) is 19.3 Å². The first kappa shape index (κ1) is 11.9. The van der Waals surface area contributed by atoms with Crippen LogP contribution < -0.4 is 5.32 Å². The highest BCUT2D eigenvalue weighted by atomic mass is 16.5. The van der Waals surface area contributed by atoms with Crippen LogP contribution in [0.4, 0.5) is 0 Å². The Labute approximate surface area is 104 Å². The third kappa shape index (κ3) is 2.02. The Hall–Kier alpha value is -0.120. The maximum atomic E-state index is 5.93. The number of nitrogens with one attached hydrogen (secondary N) is 1. The SMILES string of the molecule is CC1(C)C(NCC2CCOC2)C2CCCOC21. The molecule has 1 N–H and O–H groups in total. The van der Waals surface area contributed by atoms with Crippen LogP contribution in [-0.4, -0.2) is 38.5 Å². The van der Waals surface area contributed by atoms with Crippen molar-refractivity contribution in [3.8, 4) is 0 Å². The Morgan fingerprint density at radius 2 is 2.12 bits per heavy atom. The second-order valence-corrected chi connectivity index (χ2v) is 6.53. The molecule has 4 atom stereocenters. The van der Waals surface area contributed by atoms with Crippen LogP contribution in [0.2, 0.25) is 0 Å². The number of hydrogen-bond acceptors (Lipinski definition) is 3. The second kappa shape index (κ2) is 4.52. The van der Waals surface area contributed by atoms with Gasteiger partial charge in [-0.1, -0.05) is 13.8 Å². The smallest absolute Gasteiger partial charge is 0.0684 e. The average Bonchev–Trinajstić information content (AvgIpc) is 2.82. The van der Waals surface area contributed by atoms with Gasteiger partial charge in [0.1, 0.15) is 0 Å². The first-order valence-electron chi connectivity index (χ1n) is 7.12. The minimum atomic E-state index is 0.310. The Bertz CT molecular complexity index is 273. The van der Waals surface area contributed by atoms with E-state index in [0.717, 1.165) is 38.2 Å². The molecule has 3 nitrogen and oxygen atoms in total. The van der Waals surface area contributed by atoms with Crippen LogP contribution in [0.1, 0.15) is 33.1 Å². The van der Waals surface area contributed by atoms with Crippen LogP contribution in [0.5, 0.6) is 0 Å². The summed E-state index contributed by atoms with van der Waals surface area (Å²) >= 11 is 0. The van der Waals surface area contributed by atoms with Crippen molar-refractivity contribution >= 4 is 0 Å². The first-order valence-corrected chi connectivity index (χ1v) is 7.12. The minimum absolute atomic E-state index is 0.310. The normalized spacial score (nSPS) is 44.1. The van der Waals surface area contributed by atoms with Crippen LogP contribution in [0.25, 0.3) is 0 Å². The van der Waals surface area contributed by atoms with Gasteiger partial charge in [-0.25, -0.2) is 0 Å². The molecule has 1 aliphatic carbocycles. The molecule has 3 rings (SSSR count). The van der Waals surface area contributed by atoms with Crippen LogP contribution in [0, 0.1) is 17.3 Å². The highest BCUT2D eigenvalue weighted by Gasteiger charge is 2.57. The summed E-state index contributed by atoms with van der Waals surface area (Å²) in [4.78, 5) is 0. The summed E-state index contributed by atoms with van der Waals surface area (Å²) < 4.78 is 11.4. The molecule has 2 heterocycles. The topological polar surface area (TPSA) is 30.5 Å². The maximum Gasteiger partial charge on any atom is 0.0684 e.